The van der Waals surface area contributed by atoms with Gasteiger partial charge in [0.1, 0.15) is 0 Å². The van der Waals surface area contributed by atoms with Crippen molar-refractivity contribution >= 4 is 6.09 Å². The highest BCUT2D eigenvalue weighted by atomic mass is 16.7. The summed E-state index contributed by atoms with van der Waals surface area (Å²) in [6, 6.07) is 3.81. The standard InChI is InChI=1S/C12H17N2O2/c1-11-5-9-14(10-6-11)16-12(15)13-7-3-2-4-8-13/h5-6,9-10H,2-4,7-8H2,1H3/q+1. The molecular weight excluding hydrogens is 204 g/mol. The molecule has 1 aromatic rings. The quantitative estimate of drug-likeness (QED) is 0.670. The molecule has 0 spiro atoms. The molecule has 1 aliphatic heterocycles. The van der Waals surface area contributed by atoms with Crippen molar-refractivity contribution in [3.63, 3.8) is 0 Å². The van der Waals surface area contributed by atoms with Crippen LogP contribution in [0.3, 0.4) is 0 Å². The zero-order valence-corrected chi connectivity index (χ0v) is 9.56. The summed E-state index contributed by atoms with van der Waals surface area (Å²) in [5.74, 6) is 0. The van der Waals surface area contributed by atoms with E-state index in [0.29, 0.717) is 0 Å². The number of piperidine rings is 1. The van der Waals surface area contributed by atoms with E-state index in [1.54, 1.807) is 17.3 Å². The number of carbonyl (C=O) groups is 1. The zero-order valence-electron chi connectivity index (χ0n) is 9.56. The molecule has 2 heterocycles. The summed E-state index contributed by atoms with van der Waals surface area (Å²) in [4.78, 5) is 18.7. The van der Waals surface area contributed by atoms with E-state index >= 15 is 0 Å². The highest BCUT2D eigenvalue weighted by Crippen LogP contribution is 2.08. The average Bonchev–Trinajstić information content (AvgIpc) is 2.33. The van der Waals surface area contributed by atoms with Crippen molar-refractivity contribution in [1.82, 2.24) is 4.90 Å². The summed E-state index contributed by atoms with van der Waals surface area (Å²) in [6.45, 7) is 3.62. The Morgan fingerprint density at radius 1 is 1.25 bits per heavy atom. The van der Waals surface area contributed by atoms with E-state index in [1.165, 1.54) is 11.2 Å². The van der Waals surface area contributed by atoms with Crippen LogP contribution in [0, 0.1) is 6.92 Å². The Labute approximate surface area is 95.4 Å². The number of amides is 1. The zero-order chi connectivity index (χ0) is 11.4. The molecule has 0 atom stereocenters. The predicted molar refractivity (Wildman–Crippen MR) is 58.8 cm³/mol. The van der Waals surface area contributed by atoms with Crippen LogP contribution in [-0.4, -0.2) is 24.1 Å². The SMILES string of the molecule is Cc1cc[n+](OC(=O)N2CCCCC2)cc1. The summed E-state index contributed by atoms with van der Waals surface area (Å²) < 4.78 is 1.45. The van der Waals surface area contributed by atoms with E-state index in [4.69, 9.17) is 4.84 Å². The van der Waals surface area contributed by atoms with Gasteiger partial charge in [0.2, 0.25) is 12.4 Å². The third-order valence-electron chi connectivity index (χ3n) is 2.77. The van der Waals surface area contributed by atoms with Crippen molar-refractivity contribution in [1.29, 1.82) is 0 Å². The lowest BCUT2D eigenvalue weighted by Crippen LogP contribution is -2.51. The third-order valence-corrected chi connectivity index (χ3v) is 2.77. The molecule has 86 valence electrons. The molecule has 1 saturated heterocycles. The predicted octanol–water partition coefficient (Wildman–Crippen LogP) is 1.32. The van der Waals surface area contributed by atoms with Crippen molar-refractivity contribution in [3.05, 3.63) is 30.1 Å². The Hall–Kier alpha value is -1.58. The summed E-state index contributed by atoms with van der Waals surface area (Å²) in [5.41, 5.74) is 1.14. The van der Waals surface area contributed by atoms with Crippen LogP contribution in [-0.2, 0) is 0 Å². The van der Waals surface area contributed by atoms with E-state index in [1.807, 2.05) is 19.1 Å². The van der Waals surface area contributed by atoms with Gasteiger partial charge >= 0.3 is 6.09 Å². The fraction of sp³-hybridized carbons (Fsp3) is 0.500. The van der Waals surface area contributed by atoms with Crippen molar-refractivity contribution in [2.24, 2.45) is 0 Å². The number of likely N-dealkylation sites (tertiary alicyclic amines) is 1. The number of aryl methyl sites for hydroxylation is 1. The number of hydrogen-bond acceptors (Lipinski definition) is 2. The molecule has 0 saturated carbocycles. The largest absolute Gasteiger partial charge is 0.478 e. The van der Waals surface area contributed by atoms with Gasteiger partial charge in [0, 0.05) is 30.0 Å². The van der Waals surface area contributed by atoms with Gasteiger partial charge < -0.3 is 4.90 Å². The molecule has 0 radical (unpaired) electrons. The van der Waals surface area contributed by atoms with Gasteiger partial charge in [0.05, 0.1) is 0 Å². The second-order valence-corrected chi connectivity index (χ2v) is 4.14. The Morgan fingerprint density at radius 3 is 2.50 bits per heavy atom. The average molecular weight is 221 g/mol. The lowest BCUT2D eigenvalue weighted by Gasteiger charge is -2.23. The van der Waals surface area contributed by atoms with Gasteiger partial charge in [-0.05, 0) is 31.7 Å². The molecule has 1 amide bonds. The van der Waals surface area contributed by atoms with Gasteiger partial charge in [0.15, 0.2) is 0 Å². The van der Waals surface area contributed by atoms with Crippen LogP contribution in [0.15, 0.2) is 24.5 Å². The topological polar surface area (TPSA) is 33.4 Å². The number of rotatable bonds is 1. The van der Waals surface area contributed by atoms with Gasteiger partial charge in [-0.3, -0.25) is 0 Å². The highest BCUT2D eigenvalue weighted by Gasteiger charge is 2.21. The summed E-state index contributed by atoms with van der Waals surface area (Å²) in [5, 5.41) is 0. The van der Waals surface area contributed by atoms with Crippen LogP contribution in [0.25, 0.3) is 0 Å². The minimum Gasteiger partial charge on any atom is -0.303 e. The van der Waals surface area contributed by atoms with E-state index < -0.39 is 0 Å². The van der Waals surface area contributed by atoms with E-state index in [-0.39, 0.29) is 6.09 Å². The molecule has 4 nitrogen and oxygen atoms in total. The van der Waals surface area contributed by atoms with Gasteiger partial charge in [0.25, 0.3) is 0 Å². The number of aromatic nitrogens is 1. The smallest absolute Gasteiger partial charge is 0.303 e. The van der Waals surface area contributed by atoms with Crippen LogP contribution in [0.2, 0.25) is 0 Å². The third kappa shape index (κ3) is 2.72. The fourth-order valence-electron chi connectivity index (χ4n) is 1.77. The number of nitrogens with zero attached hydrogens (tertiary/aromatic N) is 2. The lowest BCUT2D eigenvalue weighted by molar-refractivity contribution is -0.869. The van der Waals surface area contributed by atoms with Crippen LogP contribution in [0.1, 0.15) is 24.8 Å². The first kappa shape index (κ1) is 10.9. The maximum Gasteiger partial charge on any atom is 0.478 e. The first-order valence-corrected chi connectivity index (χ1v) is 5.71. The first-order valence-electron chi connectivity index (χ1n) is 5.71. The van der Waals surface area contributed by atoms with Gasteiger partial charge in [-0.1, -0.05) is 0 Å². The molecule has 1 aliphatic rings. The van der Waals surface area contributed by atoms with Crippen LogP contribution < -0.4 is 9.57 Å². The fourth-order valence-corrected chi connectivity index (χ4v) is 1.77. The van der Waals surface area contributed by atoms with Crippen molar-refractivity contribution in [2.45, 2.75) is 26.2 Å². The first-order chi connectivity index (χ1) is 7.75. The second-order valence-electron chi connectivity index (χ2n) is 4.14. The molecule has 0 unspecified atom stereocenters. The van der Waals surface area contributed by atoms with E-state index in [2.05, 4.69) is 0 Å². The minimum atomic E-state index is -0.256. The molecule has 16 heavy (non-hydrogen) atoms. The van der Waals surface area contributed by atoms with Crippen molar-refractivity contribution < 1.29 is 14.4 Å². The monoisotopic (exact) mass is 221 g/mol. The molecule has 0 bridgehead atoms. The van der Waals surface area contributed by atoms with E-state index in [9.17, 15) is 4.79 Å². The van der Waals surface area contributed by atoms with Gasteiger partial charge in [-0.2, -0.15) is 4.84 Å². The Balaban J connectivity index is 1.93. The van der Waals surface area contributed by atoms with Crippen LogP contribution >= 0.6 is 0 Å². The molecule has 0 aliphatic carbocycles. The summed E-state index contributed by atoms with van der Waals surface area (Å²) in [7, 11) is 0. The summed E-state index contributed by atoms with van der Waals surface area (Å²) >= 11 is 0. The number of pyridine rings is 1. The molecular formula is C12H17N2O2+. The Bertz CT molecular complexity index is 356. The molecule has 0 aromatic carbocycles. The van der Waals surface area contributed by atoms with Crippen LogP contribution in [0.4, 0.5) is 4.79 Å². The Kier molecular flexibility index (Phi) is 3.39. The second kappa shape index (κ2) is 4.96. The number of hydrogen-bond donors (Lipinski definition) is 0. The molecule has 2 rings (SSSR count). The van der Waals surface area contributed by atoms with Crippen molar-refractivity contribution in [3.8, 4) is 0 Å². The minimum absolute atomic E-state index is 0.256. The molecule has 1 fully saturated rings. The summed E-state index contributed by atoms with van der Waals surface area (Å²) in [6.07, 6.45) is 6.60. The van der Waals surface area contributed by atoms with E-state index in [0.717, 1.165) is 31.5 Å². The van der Waals surface area contributed by atoms with Gasteiger partial charge in [-0.15, -0.1) is 0 Å². The van der Waals surface area contributed by atoms with Crippen LogP contribution in [0.5, 0.6) is 0 Å². The molecule has 1 aromatic heterocycles. The van der Waals surface area contributed by atoms with Gasteiger partial charge in [-0.25, -0.2) is 4.79 Å². The van der Waals surface area contributed by atoms with Crippen molar-refractivity contribution in [2.75, 3.05) is 13.1 Å². The highest BCUT2D eigenvalue weighted by molar-refractivity contribution is 5.67. The number of carbonyl (C=O) groups excluding carboxylic acids is 1. The maximum atomic E-state index is 11.7. The lowest BCUT2D eigenvalue weighted by atomic mass is 10.1. The molecule has 0 N–H and O–H groups in total. The normalized spacial score (nSPS) is 15.9. The molecule has 4 heteroatoms. The maximum absolute atomic E-state index is 11.7. The Morgan fingerprint density at radius 2 is 1.88 bits per heavy atom.